The van der Waals surface area contributed by atoms with Gasteiger partial charge in [-0.25, -0.2) is 4.98 Å². The van der Waals surface area contributed by atoms with Crippen molar-refractivity contribution in [1.82, 2.24) is 15.2 Å². The van der Waals surface area contributed by atoms with E-state index in [2.05, 4.69) is 15.5 Å². The van der Waals surface area contributed by atoms with E-state index in [0.717, 1.165) is 11.3 Å². The second-order valence-electron chi connectivity index (χ2n) is 8.53. The topological polar surface area (TPSA) is 177 Å². The lowest BCUT2D eigenvalue weighted by Crippen LogP contribution is -2.75. The van der Waals surface area contributed by atoms with Gasteiger partial charge in [0.2, 0.25) is 5.91 Å². The minimum Gasteiger partial charge on any atom is -0.480 e. The first-order valence-electron chi connectivity index (χ1n) is 10.4. The lowest BCUT2D eigenvalue weighted by atomic mass is 10.0. The predicted molar refractivity (Wildman–Crippen MR) is 127 cm³/mol. The molecule has 4 rings (SSSR count). The van der Waals surface area contributed by atoms with E-state index in [1.165, 1.54) is 33.8 Å². The number of aromatic nitrogens is 1. The standard InChI is InChI=1S/C19H25N5O7S3/c1-18(2)30-4-3-9(31-18)5-34-19(16(27)28)7-24-14(26)12(15(24)33-8-19)22-13(25)11(23-29)10-6-32-17(20)21-10/h6,9,12,15,29H,3-5,7-8H2,1-2H3,(H2,20,21)(H,22,25)(H,27,28)/t9?,12?,15-,19?/m1/s1. The number of ether oxygens (including phenoxy) is 2. The third-order valence-electron chi connectivity index (χ3n) is 5.70. The monoisotopic (exact) mass is 531 g/mol. The number of aliphatic carboxylic acids is 1. The van der Waals surface area contributed by atoms with E-state index in [0.29, 0.717) is 18.8 Å². The highest BCUT2D eigenvalue weighted by Crippen LogP contribution is 2.44. The van der Waals surface area contributed by atoms with E-state index < -0.39 is 39.7 Å². The van der Waals surface area contributed by atoms with E-state index in [9.17, 15) is 24.7 Å². The molecule has 3 saturated heterocycles. The minimum atomic E-state index is -1.19. The third-order valence-corrected chi connectivity index (χ3v) is 9.62. The molecule has 5 N–H and O–H groups in total. The van der Waals surface area contributed by atoms with Crippen LogP contribution in [-0.4, -0.2) is 96.4 Å². The Bertz CT molecular complexity index is 1020. The molecule has 12 nitrogen and oxygen atoms in total. The number of rotatable bonds is 7. The van der Waals surface area contributed by atoms with Gasteiger partial charge >= 0.3 is 5.97 Å². The predicted octanol–water partition coefficient (Wildman–Crippen LogP) is 0.402. The molecule has 34 heavy (non-hydrogen) atoms. The molecular formula is C19H25N5O7S3. The second-order valence-corrected chi connectivity index (χ2v) is 11.9. The van der Waals surface area contributed by atoms with E-state index >= 15 is 0 Å². The average Bonchev–Trinajstić information content (AvgIpc) is 3.21. The number of hydrogen-bond acceptors (Lipinski definition) is 12. The number of carboxylic acid groups (broad SMARTS) is 1. The lowest BCUT2D eigenvalue weighted by molar-refractivity contribution is -0.267. The zero-order valence-electron chi connectivity index (χ0n) is 18.4. The smallest absolute Gasteiger partial charge is 0.322 e. The Kier molecular flexibility index (Phi) is 7.01. The summed E-state index contributed by atoms with van der Waals surface area (Å²) in [5, 5.41) is 26.1. The number of nitrogen functional groups attached to an aromatic ring is 1. The molecule has 0 spiro atoms. The highest BCUT2D eigenvalue weighted by atomic mass is 32.2. The van der Waals surface area contributed by atoms with Crippen LogP contribution >= 0.6 is 34.9 Å². The molecule has 0 radical (unpaired) electrons. The molecular weight excluding hydrogens is 506 g/mol. The molecule has 186 valence electrons. The summed E-state index contributed by atoms with van der Waals surface area (Å²) in [5.41, 5.74) is 5.31. The van der Waals surface area contributed by atoms with Gasteiger partial charge in [-0.05, 0) is 20.3 Å². The second kappa shape index (κ2) is 9.53. The van der Waals surface area contributed by atoms with E-state index in [1.807, 2.05) is 13.8 Å². The van der Waals surface area contributed by atoms with Crippen molar-refractivity contribution in [2.75, 3.05) is 30.4 Å². The number of thiazole rings is 1. The SMILES string of the molecule is CC1(C)OCCC(CSC2(C(=O)O)CS[C@@H]3C(NC(=O)C(=NO)c4csc(N)n4)C(=O)N3C2)O1. The van der Waals surface area contributed by atoms with Gasteiger partial charge in [-0.2, -0.15) is 0 Å². The molecule has 0 saturated carbocycles. The quantitative estimate of drug-likeness (QED) is 0.166. The van der Waals surface area contributed by atoms with Crippen molar-refractivity contribution in [3.8, 4) is 0 Å². The number of carbonyl (C=O) groups is 3. The Hall–Kier alpha value is -2.07. The Balaban J connectivity index is 1.38. The maximum atomic E-state index is 12.8. The molecule has 2 amide bonds. The summed E-state index contributed by atoms with van der Waals surface area (Å²) in [6, 6.07) is -0.860. The number of thioether (sulfide) groups is 2. The number of oxime groups is 1. The van der Waals surface area contributed by atoms with Crippen molar-refractivity contribution in [3.05, 3.63) is 11.1 Å². The Morgan fingerprint density at radius 1 is 1.47 bits per heavy atom. The minimum absolute atomic E-state index is 0.0199. The number of anilines is 1. The Morgan fingerprint density at radius 3 is 2.85 bits per heavy atom. The van der Waals surface area contributed by atoms with Crippen molar-refractivity contribution in [1.29, 1.82) is 0 Å². The largest absolute Gasteiger partial charge is 0.480 e. The highest BCUT2D eigenvalue weighted by molar-refractivity contribution is 8.05. The summed E-state index contributed by atoms with van der Waals surface area (Å²) in [4.78, 5) is 43.0. The first-order chi connectivity index (χ1) is 16.0. The normalized spacial score (nSPS) is 30.9. The lowest BCUT2D eigenvalue weighted by Gasteiger charge is -2.53. The zero-order valence-corrected chi connectivity index (χ0v) is 20.9. The summed E-state index contributed by atoms with van der Waals surface area (Å²) in [6.45, 7) is 4.20. The molecule has 15 heteroatoms. The number of nitrogens with one attached hydrogen (secondary N) is 1. The van der Waals surface area contributed by atoms with Crippen LogP contribution in [0.5, 0.6) is 0 Å². The van der Waals surface area contributed by atoms with Gasteiger partial charge in [0.15, 0.2) is 16.6 Å². The first kappa shape index (κ1) is 25.0. The molecule has 3 unspecified atom stereocenters. The van der Waals surface area contributed by atoms with Crippen molar-refractivity contribution in [2.45, 2.75) is 48.3 Å². The number of nitrogens with two attached hydrogens (primary N) is 1. The van der Waals surface area contributed by atoms with Crippen LogP contribution in [0.1, 0.15) is 26.0 Å². The van der Waals surface area contributed by atoms with Gasteiger partial charge in [0.05, 0.1) is 12.7 Å². The van der Waals surface area contributed by atoms with Crippen molar-refractivity contribution in [3.63, 3.8) is 0 Å². The van der Waals surface area contributed by atoms with Crippen LogP contribution in [0, 0.1) is 0 Å². The van der Waals surface area contributed by atoms with Crippen LogP contribution < -0.4 is 11.1 Å². The Morgan fingerprint density at radius 2 is 2.24 bits per heavy atom. The van der Waals surface area contributed by atoms with Gasteiger partial charge in [-0.3, -0.25) is 14.4 Å². The summed E-state index contributed by atoms with van der Waals surface area (Å²) in [5.74, 6) is -2.16. The fraction of sp³-hybridized carbons (Fsp3) is 0.632. The summed E-state index contributed by atoms with van der Waals surface area (Å²) in [7, 11) is 0. The summed E-state index contributed by atoms with van der Waals surface area (Å²) < 4.78 is 10.2. The third kappa shape index (κ3) is 4.84. The number of fused-ring (bicyclic) bond motifs is 1. The maximum Gasteiger partial charge on any atom is 0.322 e. The zero-order chi connectivity index (χ0) is 24.7. The van der Waals surface area contributed by atoms with E-state index in [4.69, 9.17) is 15.2 Å². The molecule has 4 atom stereocenters. The molecule has 0 aliphatic carbocycles. The molecule has 0 bridgehead atoms. The number of nitrogens with zero attached hydrogens (tertiary/aromatic N) is 3. The van der Waals surface area contributed by atoms with Gasteiger partial charge in [0.25, 0.3) is 5.91 Å². The number of β-lactam (4-membered cyclic amide) rings is 1. The summed E-state index contributed by atoms with van der Waals surface area (Å²) >= 11 is 3.65. The van der Waals surface area contributed by atoms with Gasteiger partial charge in [-0.15, -0.1) is 34.9 Å². The molecule has 1 aromatic rings. The number of carbonyl (C=O) groups excluding carboxylic acids is 2. The van der Waals surface area contributed by atoms with Crippen LogP contribution in [0.2, 0.25) is 0 Å². The van der Waals surface area contributed by atoms with Crippen LogP contribution in [-0.2, 0) is 23.9 Å². The van der Waals surface area contributed by atoms with E-state index in [1.54, 1.807) is 0 Å². The van der Waals surface area contributed by atoms with Crippen molar-refractivity contribution in [2.24, 2.45) is 5.16 Å². The Labute approximate surface area is 207 Å². The molecule has 3 aliphatic heterocycles. The number of carboxylic acids is 1. The van der Waals surface area contributed by atoms with Crippen LogP contribution in [0.3, 0.4) is 0 Å². The van der Waals surface area contributed by atoms with Crippen molar-refractivity contribution >= 4 is 63.5 Å². The molecule has 1 aromatic heterocycles. The van der Waals surface area contributed by atoms with Crippen LogP contribution in [0.15, 0.2) is 10.5 Å². The van der Waals surface area contributed by atoms with Crippen LogP contribution in [0.25, 0.3) is 0 Å². The van der Waals surface area contributed by atoms with Gasteiger partial charge in [0.1, 0.15) is 21.9 Å². The van der Waals surface area contributed by atoms with E-state index in [-0.39, 0.29) is 34.9 Å². The molecule has 3 fully saturated rings. The molecule has 3 aliphatic rings. The maximum absolute atomic E-state index is 12.8. The van der Waals surface area contributed by atoms with Gasteiger partial charge in [0, 0.05) is 23.4 Å². The van der Waals surface area contributed by atoms with Crippen LogP contribution in [0.4, 0.5) is 5.13 Å². The molecule has 0 aromatic carbocycles. The van der Waals surface area contributed by atoms with Crippen molar-refractivity contribution < 1.29 is 34.2 Å². The first-order valence-corrected chi connectivity index (χ1v) is 13.3. The summed E-state index contributed by atoms with van der Waals surface area (Å²) in [6.07, 6.45) is 0.514. The fourth-order valence-corrected chi connectivity index (χ4v) is 7.52. The van der Waals surface area contributed by atoms with Gasteiger partial charge < -0.3 is 35.7 Å². The molecule has 4 heterocycles. The highest BCUT2D eigenvalue weighted by Gasteiger charge is 2.58. The number of hydrogen-bond donors (Lipinski definition) is 4. The fourth-order valence-electron chi connectivity index (χ4n) is 3.95. The number of amides is 2. The average molecular weight is 532 g/mol. The van der Waals surface area contributed by atoms with Gasteiger partial charge in [-0.1, -0.05) is 5.16 Å².